The fourth-order valence-corrected chi connectivity index (χ4v) is 4.33. The molecule has 0 aliphatic rings. The molecule has 2 heterocycles. The van der Waals surface area contributed by atoms with Crippen LogP contribution in [-0.2, 0) is 0 Å². The summed E-state index contributed by atoms with van der Waals surface area (Å²) in [5.41, 5.74) is 5.99. The highest BCUT2D eigenvalue weighted by molar-refractivity contribution is 6.12. The molecule has 0 amide bonds. The van der Waals surface area contributed by atoms with Crippen molar-refractivity contribution in [2.45, 2.75) is 19.8 Å². The van der Waals surface area contributed by atoms with Crippen LogP contribution in [0.1, 0.15) is 30.3 Å². The van der Waals surface area contributed by atoms with Crippen LogP contribution in [0.4, 0.5) is 0 Å². The SMILES string of the molecule is CCCC(=O)c1c(-c2ccccc2)c2cc(-c3ccccc3)ccc2n1-c1ccccn1. The van der Waals surface area contributed by atoms with E-state index in [0.717, 1.165) is 45.4 Å². The molecule has 0 saturated heterocycles. The maximum Gasteiger partial charge on any atom is 0.180 e. The molecule has 5 aromatic rings. The van der Waals surface area contributed by atoms with Crippen LogP contribution in [0, 0.1) is 0 Å². The third-order valence-corrected chi connectivity index (χ3v) is 5.76. The summed E-state index contributed by atoms with van der Waals surface area (Å²) in [4.78, 5) is 18.1. The number of carbonyl (C=O) groups excluding carboxylic acids is 1. The molecule has 156 valence electrons. The number of Topliss-reactive ketones (excluding diaryl/α,β-unsaturated/α-hetero) is 1. The Morgan fingerprint density at radius 2 is 1.47 bits per heavy atom. The minimum atomic E-state index is 0.134. The van der Waals surface area contributed by atoms with Gasteiger partial charge in [-0.3, -0.25) is 9.36 Å². The van der Waals surface area contributed by atoms with Gasteiger partial charge in [-0.25, -0.2) is 4.98 Å². The van der Waals surface area contributed by atoms with Gasteiger partial charge in [0.15, 0.2) is 5.78 Å². The van der Waals surface area contributed by atoms with Crippen molar-refractivity contribution in [3.8, 4) is 28.1 Å². The third-order valence-electron chi connectivity index (χ3n) is 5.76. The molecule has 3 aromatic carbocycles. The first-order chi connectivity index (χ1) is 15.8. The molecule has 0 aliphatic carbocycles. The van der Waals surface area contributed by atoms with Crippen molar-refractivity contribution in [3.63, 3.8) is 0 Å². The lowest BCUT2D eigenvalue weighted by molar-refractivity contribution is 0.0976. The first kappa shape index (κ1) is 20.0. The number of aromatic nitrogens is 2. The number of pyridine rings is 1. The lowest BCUT2D eigenvalue weighted by atomic mass is 9.96. The zero-order valence-electron chi connectivity index (χ0n) is 18.0. The van der Waals surface area contributed by atoms with E-state index in [1.807, 2.05) is 66.1 Å². The monoisotopic (exact) mass is 416 g/mol. The molecule has 0 unspecified atom stereocenters. The minimum absolute atomic E-state index is 0.134. The van der Waals surface area contributed by atoms with E-state index in [2.05, 4.69) is 47.4 Å². The van der Waals surface area contributed by atoms with Crippen LogP contribution in [0.15, 0.2) is 103 Å². The Morgan fingerprint density at radius 1 is 0.781 bits per heavy atom. The number of rotatable bonds is 6. The van der Waals surface area contributed by atoms with Gasteiger partial charge in [0.25, 0.3) is 0 Å². The number of fused-ring (bicyclic) bond motifs is 1. The standard InChI is InChI=1S/C29H24N2O/c1-2-11-26(32)29-28(22-14-7-4-8-15-22)24-20-23(21-12-5-3-6-13-21)17-18-25(24)31(29)27-16-9-10-19-30-27/h3-10,12-20H,2,11H2,1H3. The normalized spacial score (nSPS) is 11.0. The van der Waals surface area contributed by atoms with Crippen molar-refractivity contribution < 1.29 is 4.79 Å². The molecule has 0 bridgehead atoms. The largest absolute Gasteiger partial charge is 0.292 e. The second-order valence-electron chi connectivity index (χ2n) is 7.88. The average molecular weight is 417 g/mol. The van der Waals surface area contributed by atoms with E-state index in [9.17, 15) is 4.79 Å². The molecular formula is C29H24N2O. The predicted octanol–water partition coefficient (Wildman–Crippen LogP) is 7.34. The molecule has 2 aromatic heterocycles. The van der Waals surface area contributed by atoms with Gasteiger partial charge in [0, 0.05) is 23.6 Å². The fourth-order valence-electron chi connectivity index (χ4n) is 4.33. The highest BCUT2D eigenvalue weighted by Gasteiger charge is 2.25. The van der Waals surface area contributed by atoms with Gasteiger partial charge in [0.1, 0.15) is 5.82 Å². The summed E-state index contributed by atoms with van der Waals surface area (Å²) in [6.45, 7) is 2.04. The van der Waals surface area contributed by atoms with Crippen LogP contribution in [0.2, 0.25) is 0 Å². The van der Waals surface area contributed by atoms with E-state index in [-0.39, 0.29) is 5.78 Å². The molecular weight excluding hydrogens is 392 g/mol. The molecule has 3 heteroatoms. The zero-order chi connectivity index (χ0) is 21.9. The molecule has 5 rings (SSSR count). The summed E-state index contributed by atoms with van der Waals surface area (Å²) in [5, 5.41) is 1.06. The Labute approximate surface area is 188 Å². The van der Waals surface area contributed by atoms with Crippen LogP contribution < -0.4 is 0 Å². The van der Waals surface area contributed by atoms with Crippen molar-refractivity contribution in [1.82, 2.24) is 9.55 Å². The van der Waals surface area contributed by atoms with Crippen molar-refractivity contribution in [1.29, 1.82) is 0 Å². The highest BCUT2D eigenvalue weighted by Crippen LogP contribution is 2.39. The van der Waals surface area contributed by atoms with E-state index < -0.39 is 0 Å². The number of hydrogen-bond acceptors (Lipinski definition) is 2. The van der Waals surface area contributed by atoms with Crippen molar-refractivity contribution in [2.75, 3.05) is 0 Å². The minimum Gasteiger partial charge on any atom is -0.292 e. The van der Waals surface area contributed by atoms with E-state index in [1.54, 1.807) is 6.20 Å². The van der Waals surface area contributed by atoms with E-state index >= 15 is 0 Å². The fraction of sp³-hybridized carbons (Fsp3) is 0.103. The van der Waals surface area contributed by atoms with Gasteiger partial charge >= 0.3 is 0 Å². The predicted molar refractivity (Wildman–Crippen MR) is 131 cm³/mol. The molecule has 0 saturated carbocycles. The summed E-state index contributed by atoms with van der Waals surface area (Å²) in [6, 6.07) is 32.8. The summed E-state index contributed by atoms with van der Waals surface area (Å²) < 4.78 is 2.03. The molecule has 0 spiro atoms. The third kappa shape index (κ3) is 3.52. The molecule has 0 N–H and O–H groups in total. The Balaban J connectivity index is 1.89. The number of hydrogen-bond donors (Lipinski definition) is 0. The van der Waals surface area contributed by atoms with Crippen LogP contribution in [0.25, 0.3) is 39.0 Å². The van der Waals surface area contributed by atoms with Gasteiger partial charge in [-0.15, -0.1) is 0 Å². The second kappa shape index (κ2) is 8.64. The van der Waals surface area contributed by atoms with E-state index in [0.29, 0.717) is 12.1 Å². The Bertz CT molecular complexity index is 1370. The molecule has 0 radical (unpaired) electrons. The number of benzene rings is 3. The first-order valence-corrected chi connectivity index (χ1v) is 11.0. The Hall–Kier alpha value is -3.98. The van der Waals surface area contributed by atoms with Crippen LogP contribution in [0.3, 0.4) is 0 Å². The lowest BCUT2D eigenvalue weighted by Gasteiger charge is -2.11. The number of nitrogens with zero attached hydrogens (tertiary/aromatic N) is 2. The van der Waals surface area contributed by atoms with Crippen molar-refractivity contribution in [3.05, 3.63) is 109 Å². The van der Waals surface area contributed by atoms with Crippen LogP contribution >= 0.6 is 0 Å². The smallest absolute Gasteiger partial charge is 0.180 e. The maximum absolute atomic E-state index is 13.5. The van der Waals surface area contributed by atoms with E-state index in [1.165, 1.54) is 0 Å². The van der Waals surface area contributed by atoms with Gasteiger partial charge in [0.2, 0.25) is 0 Å². The molecule has 32 heavy (non-hydrogen) atoms. The summed E-state index contributed by atoms with van der Waals surface area (Å²) in [5.74, 6) is 0.890. The molecule has 0 fully saturated rings. The zero-order valence-corrected chi connectivity index (χ0v) is 18.0. The van der Waals surface area contributed by atoms with Gasteiger partial charge in [-0.2, -0.15) is 0 Å². The maximum atomic E-state index is 13.5. The summed E-state index contributed by atoms with van der Waals surface area (Å²) >= 11 is 0. The van der Waals surface area contributed by atoms with E-state index in [4.69, 9.17) is 0 Å². The summed E-state index contributed by atoms with van der Waals surface area (Å²) in [7, 11) is 0. The second-order valence-corrected chi connectivity index (χ2v) is 7.88. The van der Waals surface area contributed by atoms with Crippen LogP contribution in [0.5, 0.6) is 0 Å². The average Bonchev–Trinajstić information content (AvgIpc) is 3.20. The Kier molecular flexibility index (Phi) is 5.39. The highest BCUT2D eigenvalue weighted by atomic mass is 16.1. The quantitative estimate of drug-likeness (QED) is 0.271. The molecule has 0 aliphatic heterocycles. The van der Waals surface area contributed by atoms with Gasteiger partial charge < -0.3 is 0 Å². The van der Waals surface area contributed by atoms with Gasteiger partial charge in [0.05, 0.1) is 11.2 Å². The van der Waals surface area contributed by atoms with Crippen molar-refractivity contribution >= 4 is 16.7 Å². The Morgan fingerprint density at radius 3 is 2.12 bits per heavy atom. The number of carbonyl (C=O) groups is 1. The topological polar surface area (TPSA) is 34.9 Å². The lowest BCUT2D eigenvalue weighted by Crippen LogP contribution is -2.09. The molecule has 3 nitrogen and oxygen atoms in total. The van der Waals surface area contributed by atoms with Crippen molar-refractivity contribution in [2.24, 2.45) is 0 Å². The number of ketones is 1. The van der Waals surface area contributed by atoms with Gasteiger partial charge in [-0.1, -0.05) is 79.7 Å². The van der Waals surface area contributed by atoms with Gasteiger partial charge in [-0.05, 0) is 47.4 Å². The first-order valence-electron chi connectivity index (χ1n) is 11.0. The van der Waals surface area contributed by atoms with Crippen LogP contribution in [-0.4, -0.2) is 15.3 Å². The summed E-state index contributed by atoms with van der Waals surface area (Å²) in [6.07, 6.45) is 3.07. The molecule has 0 atom stereocenters.